The van der Waals surface area contributed by atoms with Crippen LogP contribution in [-0.2, 0) is 9.59 Å². The summed E-state index contributed by atoms with van der Waals surface area (Å²) in [5.74, 6) is -0.876. The Kier molecular flexibility index (Phi) is 3.88. The predicted octanol–water partition coefficient (Wildman–Crippen LogP) is 2.72. The van der Waals surface area contributed by atoms with Crippen molar-refractivity contribution in [2.75, 3.05) is 0 Å². The smallest absolute Gasteiger partial charge is 0.310 e. The van der Waals surface area contributed by atoms with Crippen LogP contribution in [0.2, 0.25) is 0 Å². The zero-order valence-electron chi connectivity index (χ0n) is 12.0. The lowest BCUT2D eigenvalue weighted by Gasteiger charge is -2.24. The Bertz CT molecular complexity index is 370. The number of hydrogen-bond acceptors (Lipinski definition) is 2. The van der Waals surface area contributed by atoms with Gasteiger partial charge in [0.25, 0.3) is 0 Å². The van der Waals surface area contributed by atoms with Gasteiger partial charge in [-0.25, -0.2) is 0 Å². The van der Waals surface area contributed by atoms with Crippen LogP contribution in [0.3, 0.4) is 0 Å². The summed E-state index contributed by atoms with van der Waals surface area (Å²) in [5, 5.41) is 12.4. The number of carbonyl (C=O) groups excluding carboxylic acids is 1. The van der Waals surface area contributed by atoms with Gasteiger partial charge in [-0.1, -0.05) is 26.7 Å². The lowest BCUT2D eigenvalue weighted by molar-refractivity contribution is -0.151. The second kappa shape index (κ2) is 5.14. The molecule has 0 heterocycles. The summed E-state index contributed by atoms with van der Waals surface area (Å²) in [7, 11) is 0. The zero-order chi connectivity index (χ0) is 14.1. The normalized spacial score (nSPS) is 28.2. The topological polar surface area (TPSA) is 66.4 Å². The molecule has 0 radical (unpaired) electrons. The maximum atomic E-state index is 12.1. The fourth-order valence-corrected chi connectivity index (χ4v) is 3.66. The highest BCUT2D eigenvalue weighted by atomic mass is 16.4. The molecule has 0 aromatic heterocycles. The van der Waals surface area contributed by atoms with Gasteiger partial charge in [-0.3, -0.25) is 9.59 Å². The standard InChI is InChI=1S/C15H25NO3/c1-14(2)8-5-11(9-14)16-12(17)10-15(13(18)19)6-3-4-7-15/h11H,3-10H2,1-2H3,(H,16,17)(H,18,19). The fourth-order valence-electron chi connectivity index (χ4n) is 3.66. The molecule has 2 saturated carbocycles. The maximum absolute atomic E-state index is 12.1. The molecule has 0 aromatic carbocycles. The van der Waals surface area contributed by atoms with E-state index in [9.17, 15) is 14.7 Å². The molecule has 0 spiro atoms. The first-order valence-corrected chi connectivity index (χ1v) is 7.36. The summed E-state index contributed by atoms with van der Waals surface area (Å²) < 4.78 is 0. The van der Waals surface area contributed by atoms with E-state index in [-0.39, 0.29) is 18.4 Å². The molecule has 1 unspecified atom stereocenters. The molecule has 1 amide bonds. The van der Waals surface area contributed by atoms with Crippen LogP contribution in [0.15, 0.2) is 0 Å². The summed E-state index contributed by atoms with van der Waals surface area (Å²) in [5.41, 5.74) is -0.492. The average molecular weight is 267 g/mol. The minimum Gasteiger partial charge on any atom is -0.481 e. The first-order valence-electron chi connectivity index (χ1n) is 7.36. The van der Waals surface area contributed by atoms with Crippen molar-refractivity contribution >= 4 is 11.9 Å². The van der Waals surface area contributed by atoms with Gasteiger partial charge in [-0.05, 0) is 37.5 Å². The van der Waals surface area contributed by atoms with Gasteiger partial charge in [0, 0.05) is 12.5 Å². The Morgan fingerprint density at radius 1 is 1.21 bits per heavy atom. The zero-order valence-corrected chi connectivity index (χ0v) is 12.0. The Morgan fingerprint density at radius 3 is 2.32 bits per heavy atom. The van der Waals surface area contributed by atoms with E-state index in [4.69, 9.17) is 0 Å². The largest absolute Gasteiger partial charge is 0.481 e. The van der Waals surface area contributed by atoms with Crippen molar-refractivity contribution in [3.8, 4) is 0 Å². The van der Waals surface area contributed by atoms with Gasteiger partial charge < -0.3 is 10.4 Å². The molecule has 2 rings (SSSR count). The van der Waals surface area contributed by atoms with E-state index in [1.165, 1.54) is 0 Å². The molecule has 2 fully saturated rings. The van der Waals surface area contributed by atoms with E-state index in [1.54, 1.807) is 0 Å². The molecule has 0 saturated heterocycles. The van der Waals surface area contributed by atoms with E-state index >= 15 is 0 Å². The van der Waals surface area contributed by atoms with Crippen LogP contribution in [0.1, 0.15) is 65.2 Å². The second-order valence-electron chi connectivity index (χ2n) is 7.14. The number of hydrogen-bond donors (Lipinski definition) is 2. The van der Waals surface area contributed by atoms with Gasteiger partial charge in [-0.2, -0.15) is 0 Å². The summed E-state index contributed by atoms with van der Waals surface area (Å²) in [6.45, 7) is 4.43. The van der Waals surface area contributed by atoms with Gasteiger partial charge in [0.1, 0.15) is 0 Å². The van der Waals surface area contributed by atoms with Gasteiger partial charge in [-0.15, -0.1) is 0 Å². The molecule has 0 aromatic rings. The Labute approximate surface area is 115 Å². The van der Waals surface area contributed by atoms with Crippen LogP contribution in [0, 0.1) is 10.8 Å². The SMILES string of the molecule is CC1(C)CCC(NC(=O)CC2(C(=O)O)CCCC2)C1. The highest BCUT2D eigenvalue weighted by Gasteiger charge is 2.43. The summed E-state index contributed by atoms with van der Waals surface area (Å²) in [6.07, 6.45) is 6.43. The Balaban J connectivity index is 1.89. The molecule has 19 heavy (non-hydrogen) atoms. The van der Waals surface area contributed by atoms with Crippen molar-refractivity contribution in [1.82, 2.24) is 5.32 Å². The summed E-state index contributed by atoms with van der Waals surface area (Å²) >= 11 is 0. The predicted molar refractivity (Wildman–Crippen MR) is 72.7 cm³/mol. The highest BCUT2D eigenvalue weighted by Crippen LogP contribution is 2.42. The van der Waals surface area contributed by atoms with Gasteiger partial charge in [0.2, 0.25) is 5.91 Å². The Hall–Kier alpha value is -1.06. The lowest BCUT2D eigenvalue weighted by Crippen LogP contribution is -2.39. The van der Waals surface area contributed by atoms with Crippen LogP contribution in [0.5, 0.6) is 0 Å². The molecule has 4 heteroatoms. The van der Waals surface area contributed by atoms with Crippen molar-refractivity contribution in [3.05, 3.63) is 0 Å². The maximum Gasteiger partial charge on any atom is 0.310 e. The Morgan fingerprint density at radius 2 is 1.84 bits per heavy atom. The molecule has 1 atom stereocenters. The minimum absolute atomic E-state index is 0.0769. The van der Waals surface area contributed by atoms with Crippen molar-refractivity contribution in [3.63, 3.8) is 0 Å². The minimum atomic E-state index is -0.799. The van der Waals surface area contributed by atoms with Crippen molar-refractivity contribution < 1.29 is 14.7 Å². The third kappa shape index (κ3) is 3.28. The van der Waals surface area contributed by atoms with Crippen molar-refractivity contribution in [2.24, 2.45) is 10.8 Å². The molecule has 2 N–H and O–H groups in total. The van der Waals surface area contributed by atoms with E-state index in [2.05, 4.69) is 19.2 Å². The van der Waals surface area contributed by atoms with Gasteiger partial charge >= 0.3 is 5.97 Å². The van der Waals surface area contributed by atoms with Crippen molar-refractivity contribution in [1.29, 1.82) is 0 Å². The number of rotatable bonds is 4. The average Bonchev–Trinajstić information content (AvgIpc) is 2.86. The molecule has 4 nitrogen and oxygen atoms in total. The molecule has 108 valence electrons. The summed E-state index contributed by atoms with van der Waals surface area (Å²) in [6, 6.07) is 0.231. The number of aliphatic carboxylic acids is 1. The molecule has 0 bridgehead atoms. The van der Waals surface area contributed by atoms with E-state index < -0.39 is 11.4 Å². The number of amides is 1. The van der Waals surface area contributed by atoms with E-state index in [0.717, 1.165) is 32.1 Å². The quantitative estimate of drug-likeness (QED) is 0.823. The molecular formula is C15H25NO3. The third-order valence-electron chi connectivity index (χ3n) is 4.85. The number of carboxylic acid groups (broad SMARTS) is 1. The monoisotopic (exact) mass is 267 g/mol. The number of nitrogens with one attached hydrogen (secondary N) is 1. The molecule has 2 aliphatic carbocycles. The molecule has 0 aliphatic heterocycles. The van der Waals surface area contributed by atoms with Crippen LogP contribution in [0.25, 0.3) is 0 Å². The van der Waals surface area contributed by atoms with Crippen LogP contribution in [0.4, 0.5) is 0 Å². The lowest BCUT2D eigenvalue weighted by atomic mass is 9.82. The van der Waals surface area contributed by atoms with E-state index in [0.29, 0.717) is 18.3 Å². The molecular weight excluding hydrogens is 242 g/mol. The highest BCUT2D eigenvalue weighted by molar-refractivity contribution is 5.85. The van der Waals surface area contributed by atoms with E-state index in [1.807, 2.05) is 0 Å². The first-order chi connectivity index (χ1) is 8.83. The first kappa shape index (κ1) is 14.4. The number of carbonyl (C=O) groups is 2. The van der Waals surface area contributed by atoms with Crippen LogP contribution >= 0.6 is 0 Å². The fraction of sp³-hybridized carbons (Fsp3) is 0.867. The third-order valence-corrected chi connectivity index (χ3v) is 4.85. The molecule has 2 aliphatic rings. The summed E-state index contributed by atoms with van der Waals surface area (Å²) in [4.78, 5) is 23.5. The van der Waals surface area contributed by atoms with Crippen molar-refractivity contribution in [2.45, 2.75) is 71.3 Å². The van der Waals surface area contributed by atoms with Gasteiger partial charge in [0.05, 0.1) is 5.41 Å². The second-order valence-corrected chi connectivity index (χ2v) is 7.14. The number of carboxylic acids is 1. The van der Waals surface area contributed by atoms with Crippen LogP contribution < -0.4 is 5.32 Å². The van der Waals surface area contributed by atoms with Gasteiger partial charge in [0.15, 0.2) is 0 Å². The van der Waals surface area contributed by atoms with Crippen LogP contribution in [-0.4, -0.2) is 23.0 Å².